The molecule has 0 fully saturated rings. The maximum Gasteiger partial charge on any atom is 0.154 e. The zero-order chi connectivity index (χ0) is 16.4. The predicted octanol–water partition coefficient (Wildman–Crippen LogP) is 1.18. The summed E-state index contributed by atoms with van der Waals surface area (Å²) in [6.07, 6.45) is 2.81. The van der Waals surface area contributed by atoms with E-state index in [4.69, 9.17) is 11.6 Å². The van der Waals surface area contributed by atoms with Crippen molar-refractivity contribution in [2.75, 3.05) is 33.9 Å². The Kier molecular flexibility index (Phi) is 5.83. The fourth-order valence-corrected chi connectivity index (χ4v) is 3.07. The Morgan fingerprint density at radius 2 is 2.05 bits per heavy atom. The molecule has 0 saturated carbocycles. The highest BCUT2D eigenvalue weighted by Gasteiger charge is 2.41. The minimum absolute atomic E-state index is 0.440. The molecule has 8 heteroatoms. The molecule has 6 nitrogen and oxygen atoms in total. The minimum atomic E-state index is -3.28. The van der Waals surface area contributed by atoms with Crippen molar-refractivity contribution in [2.45, 2.75) is 31.2 Å². The highest BCUT2D eigenvalue weighted by Crippen LogP contribution is 2.35. The summed E-state index contributed by atoms with van der Waals surface area (Å²) in [6.45, 7) is 4.83. The molecule has 0 spiro atoms. The van der Waals surface area contributed by atoms with Gasteiger partial charge in [0.2, 0.25) is 0 Å². The number of hydrogen-bond donors (Lipinski definition) is 1. The molecule has 1 aromatic rings. The van der Waals surface area contributed by atoms with E-state index in [1.54, 1.807) is 31.8 Å². The van der Waals surface area contributed by atoms with Crippen LogP contribution < -0.4 is 5.32 Å². The molecule has 0 saturated heterocycles. The van der Waals surface area contributed by atoms with Gasteiger partial charge >= 0.3 is 0 Å². The monoisotopic (exact) mass is 336 g/mol. The standard InChI is InChI=1S/C13H25ClN4O2S/c1-13(2,21(6,19)20)12(15-3)11-10(14)9-16-18(11)8-7-17(4)5/h9,12,15H,7-8H2,1-6H3. The molecule has 0 aromatic carbocycles. The Labute approximate surface area is 132 Å². The van der Waals surface area contributed by atoms with Gasteiger partial charge in [0.05, 0.1) is 34.2 Å². The molecule has 0 bridgehead atoms. The second-order valence-corrected chi connectivity index (χ2v) is 9.01. The molecule has 1 aromatic heterocycles. The van der Waals surface area contributed by atoms with E-state index in [9.17, 15) is 8.42 Å². The lowest BCUT2D eigenvalue weighted by molar-refractivity contribution is 0.354. The van der Waals surface area contributed by atoms with Crippen LogP contribution in [0, 0.1) is 0 Å². The second-order valence-electron chi connectivity index (χ2n) is 6.00. The molecule has 1 unspecified atom stereocenters. The Balaban J connectivity index is 3.26. The third kappa shape index (κ3) is 3.97. The largest absolute Gasteiger partial charge is 0.310 e. The lowest BCUT2D eigenvalue weighted by Gasteiger charge is -2.33. The Bertz CT molecular complexity index is 581. The maximum atomic E-state index is 12.1. The molecule has 21 heavy (non-hydrogen) atoms. The van der Waals surface area contributed by atoms with E-state index in [0.29, 0.717) is 17.3 Å². The first-order valence-corrected chi connectivity index (χ1v) is 9.02. The van der Waals surface area contributed by atoms with Gasteiger partial charge in [-0.25, -0.2) is 8.42 Å². The molecule has 0 aliphatic carbocycles. The molecule has 1 atom stereocenters. The van der Waals surface area contributed by atoms with Crippen LogP contribution in [0.5, 0.6) is 0 Å². The van der Waals surface area contributed by atoms with Crippen molar-refractivity contribution in [3.8, 4) is 0 Å². The first kappa shape index (κ1) is 18.4. The molecule has 0 aliphatic heterocycles. The van der Waals surface area contributed by atoms with Gasteiger partial charge in [-0.05, 0) is 35.0 Å². The molecule has 0 radical (unpaired) electrons. The third-order valence-corrected chi connectivity index (χ3v) is 6.24. The summed E-state index contributed by atoms with van der Waals surface area (Å²) in [7, 11) is 2.40. The van der Waals surface area contributed by atoms with Crippen molar-refractivity contribution in [3.05, 3.63) is 16.9 Å². The molecule has 1 heterocycles. The van der Waals surface area contributed by atoms with Crippen LogP contribution in [0.2, 0.25) is 5.02 Å². The predicted molar refractivity (Wildman–Crippen MR) is 86.5 cm³/mol. The van der Waals surface area contributed by atoms with E-state index >= 15 is 0 Å². The molecule has 122 valence electrons. The fraction of sp³-hybridized carbons (Fsp3) is 0.769. The molecular formula is C13H25ClN4O2S. The van der Waals surface area contributed by atoms with Gasteiger partial charge in [-0.2, -0.15) is 5.10 Å². The van der Waals surface area contributed by atoms with Crippen LogP contribution in [0.3, 0.4) is 0 Å². The van der Waals surface area contributed by atoms with Gasteiger partial charge in [0.15, 0.2) is 9.84 Å². The highest BCUT2D eigenvalue weighted by molar-refractivity contribution is 7.92. The second kappa shape index (κ2) is 6.64. The van der Waals surface area contributed by atoms with Crippen molar-refractivity contribution in [3.63, 3.8) is 0 Å². The summed E-state index contributed by atoms with van der Waals surface area (Å²) in [4.78, 5) is 2.04. The smallest absolute Gasteiger partial charge is 0.154 e. The van der Waals surface area contributed by atoms with Gasteiger partial charge in [-0.3, -0.25) is 4.68 Å². The van der Waals surface area contributed by atoms with Crippen LogP contribution in [0.15, 0.2) is 6.20 Å². The van der Waals surface area contributed by atoms with Gasteiger partial charge in [0, 0.05) is 12.8 Å². The van der Waals surface area contributed by atoms with Crippen molar-refractivity contribution in [1.29, 1.82) is 0 Å². The Morgan fingerprint density at radius 1 is 1.48 bits per heavy atom. The van der Waals surface area contributed by atoms with Crippen LogP contribution in [0.1, 0.15) is 25.6 Å². The van der Waals surface area contributed by atoms with Gasteiger partial charge in [-0.15, -0.1) is 0 Å². The van der Waals surface area contributed by atoms with Gasteiger partial charge in [-0.1, -0.05) is 11.6 Å². The average molecular weight is 337 g/mol. The molecular weight excluding hydrogens is 312 g/mol. The Morgan fingerprint density at radius 3 is 2.48 bits per heavy atom. The van der Waals surface area contributed by atoms with Gasteiger partial charge in [0.1, 0.15) is 0 Å². The molecule has 1 N–H and O–H groups in total. The van der Waals surface area contributed by atoms with E-state index in [2.05, 4.69) is 10.4 Å². The first-order valence-electron chi connectivity index (χ1n) is 6.75. The quantitative estimate of drug-likeness (QED) is 0.810. The van der Waals surface area contributed by atoms with E-state index < -0.39 is 20.6 Å². The van der Waals surface area contributed by atoms with Crippen molar-refractivity contribution in [2.24, 2.45) is 0 Å². The summed E-state index contributed by atoms with van der Waals surface area (Å²) in [5.74, 6) is 0. The fourth-order valence-electron chi connectivity index (χ4n) is 2.16. The summed E-state index contributed by atoms with van der Waals surface area (Å²) in [6, 6.07) is -0.440. The number of sulfone groups is 1. The average Bonchev–Trinajstić information content (AvgIpc) is 2.68. The third-order valence-electron chi connectivity index (χ3n) is 3.81. The minimum Gasteiger partial charge on any atom is -0.310 e. The van der Waals surface area contributed by atoms with Gasteiger partial charge < -0.3 is 10.2 Å². The first-order chi connectivity index (χ1) is 9.52. The number of hydrogen-bond acceptors (Lipinski definition) is 5. The van der Waals surface area contributed by atoms with Crippen LogP contribution in [-0.2, 0) is 16.4 Å². The number of rotatable bonds is 7. The number of nitrogens with zero attached hydrogens (tertiary/aromatic N) is 3. The molecule has 0 amide bonds. The van der Waals surface area contributed by atoms with E-state index in [1.165, 1.54) is 6.26 Å². The topological polar surface area (TPSA) is 67.2 Å². The number of nitrogens with one attached hydrogen (secondary N) is 1. The normalized spacial score (nSPS) is 14.7. The van der Waals surface area contributed by atoms with Crippen LogP contribution >= 0.6 is 11.6 Å². The van der Waals surface area contributed by atoms with Crippen LogP contribution in [0.25, 0.3) is 0 Å². The van der Waals surface area contributed by atoms with Crippen LogP contribution in [-0.4, -0.2) is 61.8 Å². The van der Waals surface area contributed by atoms with Crippen molar-refractivity contribution >= 4 is 21.4 Å². The van der Waals surface area contributed by atoms with Crippen LogP contribution in [0.4, 0.5) is 0 Å². The summed E-state index contributed by atoms with van der Waals surface area (Å²) >= 11 is 6.26. The summed E-state index contributed by atoms with van der Waals surface area (Å²) in [5.41, 5.74) is 0.705. The van der Waals surface area contributed by atoms with Crippen molar-refractivity contribution in [1.82, 2.24) is 20.0 Å². The van der Waals surface area contributed by atoms with E-state index in [-0.39, 0.29) is 0 Å². The molecule has 0 aliphatic rings. The lowest BCUT2D eigenvalue weighted by Crippen LogP contribution is -2.45. The number of aromatic nitrogens is 2. The molecule has 1 rings (SSSR count). The number of halogens is 1. The number of likely N-dealkylation sites (N-methyl/N-ethyl adjacent to an activating group) is 1. The van der Waals surface area contributed by atoms with Gasteiger partial charge in [0.25, 0.3) is 0 Å². The zero-order valence-corrected chi connectivity index (χ0v) is 15.1. The lowest BCUT2D eigenvalue weighted by atomic mass is 10.00. The Hall–Kier alpha value is -0.630. The van der Waals surface area contributed by atoms with E-state index in [1.807, 2.05) is 19.0 Å². The van der Waals surface area contributed by atoms with Crippen molar-refractivity contribution < 1.29 is 8.42 Å². The zero-order valence-electron chi connectivity index (χ0n) is 13.5. The summed E-state index contributed by atoms with van der Waals surface area (Å²) < 4.78 is 25.0. The van der Waals surface area contributed by atoms with E-state index in [0.717, 1.165) is 6.54 Å². The highest BCUT2D eigenvalue weighted by atomic mass is 35.5. The summed E-state index contributed by atoms with van der Waals surface area (Å²) in [5, 5.41) is 7.83. The SMILES string of the molecule is CNC(c1c(Cl)cnn1CCN(C)C)C(C)(C)S(C)(=O)=O. The maximum absolute atomic E-state index is 12.1.